The molecule has 0 aromatic carbocycles. The Bertz CT molecular complexity index is 531. The van der Waals surface area contributed by atoms with Crippen molar-refractivity contribution < 1.29 is 0 Å². The molecule has 2 rings (SSSR count). The first-order valence-corrected chi connectivity index (χ1v) is 9.82. The topological polar surface area (TPSA) is 39.8 Å². The van der Waals surface area contributed by atoms with Crippen molar-refractivity contribution in [3.05, 3.63) is 25.9 Å². The van der Waals surface area contributed by atoms with Crippen molar-refractivity contribution in [3.8, 4) is 0 Å². The fourth-order valence-electron chi connectivity index (χ4n) is 2.66. The molecule has 0 unspecified atom stereocenters. The van der Waals surface area contributed by atoms with Gasteiger partial charge in [-0.1, -0.05) is 55.4 Å². The predicted octanol–water partition coefficient (Wildman–Crippen LogP) is 5.71. The van der Waals surface area contributed by atoms with Gasteiger partial charge in [-0.2, -0.15) is 0 Å². The number of aromatic nitrogens is 1. The fraction of sp³-hybridized carbons (Fsp3) is 0.722. The Morgan fingerprint density at radius 2 is 1.26 bits per heavy atom. The number of aromatic amines is 1. The molecule has 0 saturated heterocycles. The highest BCUT2D eigenvalue weighted by Crippen LogP contribution is 2.29. The SMILES string of the molecule is CC(C)C1=C(C(C)C)NCN1.CC(C)c1[nH]c(=S)sc1C(C)C. The Hall–Kier alpha value is -0.810. The molecule has 132 valence electrons. The molecular weight excluding hydrogens is 322 g/mol. The Labute approximate surface area is 151 Å². The van der Waals surface area contributed by atoms with E-state index in [1.54, 1.807) is 11.3 Å². The highest BCUT2D eigenvalue weighted by atomic mass is 32.1. The van der Waals surface area contributed by atoms with Crippen molar-refractivity contribution >= 4 is 23.6 Å². The molecular formula is C18H33N3S2. The quantitative estimate of drug-likeness (QED) is 0.606. The fourth-order valence-corrected chi connectivity index (χ4v) is 4.04. The van der Waals surface area contributed by atoms with E-state index in [1.165, 1.54) is 22.0 Å². The summed E-state index contributed by atoms with van der Waals surface area (Å²) in [6, 6.07) is 0. The number of nitrogens with one attached hydrogen (secondary N) is 3. The highest BCUT2D eigenvalue weighted by Gasteiger charge is 2.17. The average molecular weight is 356 g/mol. The molecule has 3 N–H and O–H groups in total. The zero-order valence-corrected chi connectivity index (χ0v) is 17.5. The van der Waals surface area contributed by atoms with Gasteiger partial charge < -0.3 is 15.6 Å². The second-order valence-corrected chi connectivity index (χ2v) is 8.99. The van der Waals surface area contributed by atoms with Gasteiger partial charge in [-0.3, -0.25) is 0 Å². The summed E-state index contributed by atoms with van der Waals surface area (Å²) in [5.74, 6) is 2.36. The minimum atomic E-state index is 0.551. The van der Waals surface area contributed by atoms with Gasteiger partial charge in [0.2, 0.25) is 0 Å². The summed E-state index contributed by atoms with van der Waals surface area (Å²) >= 11 is 6.83. The largest absolute Gasteiger partial charge is 0.370 e. The Balaban J connectivity index is 0.000000231. The normalized spacial score (nSPS) is 14.4. The first-order chi connectivity index (χ1) is 10.6. The van der Waals surface area contributed by atoms with Crippen molar-refractivity contribution in [1.29, 1.82) is 0 Å². The van der Waals surface area contributed by atoms with Crippen LogP contribution in [0.15, 0.2) is 11.4 Å². The number of allylic oxidation sites excluding steroid dienone is 2. The summed E-state index contributed by atoms with van der Waals surface area (Å²) in [7, 11) is 0. The summed E-state index contributed by atoms with van der Waals surface area (Å²) in [5, 5.41) is 6.71. The standard InChI is InChI=1S/C9H18N2.C9H15NS2/c1-6(2)8-9(7(3)4)11-5-10-8;1-5(2)7-8(6(3)4)12-9(11)10-7/h6-7,10-11H,5H2,1-4H3;5-6H,1-4H3,(H,10,11). The second kappa shape index (κ2) is 8.88. The molecule has 0 saturated carbocycles. The third-order valence-corrected chi connectivity index (χ3v) is 5.36. The van der Waals surface area contributed by atoms with Gasteiger partial charge in [0, 0.05) is 22.0 Å². The number of rotatable bonds is 4. The summed E-state index contributed by atoms with van der Waals surface area (Å²) in [4.78, 5) is 4.67. The van der Waals surface area contributed by atoms with E-state index in [-0.39, 0.29) is 0 Å². The van der Waals surface area contributed by atoms with E-state index in [1.807, 2.05) is 0 Å². The average Bonchev–Trinajstić information content (AvgIpc) is 3.05. The van der Waals surface area contributed by atoms with E-state index < -0.39 is 0 Å². The third-order valence-electron chi connectivity index (χ3n) is 3.81. The zero-order chi connectivity index (χ0) is 17.7. The molecule has 0 fully saturated rings. The van der Waals surface area contributed by atoms with E-state index >= 15 is 0 Å². The van der Waals surface area contributed by atoms with Gasteiger partial charge in [0.1, 0.15) is 0 Å². The third kappa shape index (κ3) is 5.64. The van der Waals surface area contributed by atoms with Crippen LogP contribution in [0.1, 0.15) is 77.8 Å². The zero-order valence-electron chi connectivity index (χ0n) is 15.8. The molecule has 1 aliphatic rings. The van der Waals surface area contributed by atoms with Crippen molar-refractivity contribution in [2.75, 3.05) is 6.67 Å². The van der Waals surface area contributed by atoms with Crippen molar-refractivity contribution in [2.45, 2.75) is 67.2 Å². The van der Waals surface area contributed by atoms with Crippen LogP contribution in [0.5, 0.6) is 0 Å². The summed E-state index contributed by atoms with van der Waals surface area (Å²) in [6.45, 7) is 18.6. The predicted molar refractivity (Wildman–Crippen MR) is 106 cm³/mol. The first-order valence-electron chi connectivity index (χ1n) is 8.59. The Kier molecular flexibility index (Phi) is 7.81. The molecule has 3 nitrogen and oxygen atoms in total. The molecule has 1 aliphatic heterocycles. The number of H-pyrrole nitrogens is 1. The monoisotopic (exact) mass is 355 g/mol. The van der Waals surface area contributed by atoms with E-state index in [4.69, 9.17) is 12.2 Å². The van der Waals surface area contributed by atoms with Gasteiger partial charge in [-0.05, 0) is 35.9 Å². The van der Waals surface area contributed by atoms with Crippen LogP contribution >= 0.6 is 23.6 Å². The van der Waals surface area contributed by atoms with Crippen molar-refractivity contribution in [3.63, 3.8) is 0 Å². The maximum absolute atomic E-state index is 5.12. The maximum atomic E-state index is 5.12. The van der Waals surface area contributed by atoms with Crippen molar-refractivity contribution in [2.24, 2.45) is 11.8 Å². The lowest BCUT2D eigenvalue weighted by Gasteiger charge is -2.12. The maximum Gasteiger partial charge on any atom is 0.158 e. The van der Waals surface area contributed by atoms with E-state index in [0.29, 0.717) is 23.7 Å². The summed E-state index contributed by atoms with van der Waals surface area (Å²) < 4.78 is 0.905. The lowest BCUT2D eigenvalue weighted by Crippen LogP contribution is -2.17. The van der Waals surface area contributed by atoms with Crippen LogP contribution in [-0.4, -0.2) is 11.7 Å². The van der Waals surface area contributed by atoms with Crippen LogP contribution in [0.2, 0.25) is 0 Å². The Morgan fingerprint density at radius 3 is 1.57 bits per heavy atom. The molecule has 0 spiro atoms. The number of thiazole rings is 1. The van der Waals surface area contributed by atoms with Crippen LogP contribution in [0, 0.1) is 15.8 Å². The minimum Gasteiger partial charge on any atom is -0.370 e. The second-order valence-electron chi connectivity index (χ2n) is 7.27. The van der Waals surface area contributed by atoms with E-state index in [0.717, 1.165) is 10.6 Å². The van der Waals surface area contributed by atoms with Crippen molar-refractivity contribution in [1.82, 2.24) is 15.6 Å². The molecule has 0 atom stereocenters. The summed E-state index contributed by atoms with van der Waals surface area (Å²) in [5.41, 5.74) is 4.10. The van der Waals surface area contributed by atoms with Gasteiger partial charge in [-0.15, -0.1) is 11.3 Å². The summed E-state index contributed by atoms with van der Waals surface area (Å²) in [6.07, 6.45) is 0. The molecule has 23 heavy (non-hydrogen) atoms. The highest BCUT2D eigenvalue weighted by molar-refractivity contribution is 7.73. The minimum absolute atomic E-state index is 0.551. The van der Waals surface area contributed by atoms with Crippen LogP contribution in [0.3, 0.4) is 0 Å². The molecule has 0 amide bonds. The number of hydrogen-bond donors (Lipinski definition) is 3. The van der Waals surface area contributed by atoms with Crippen LogP contribution in [0.25, 0.3) is 0 Å². The lowest BCUT2D eigenvalue weighted by molar-refractivity contribution is 0.667. The van der Waals surface area contributed by atoms with Gasteiger partial charge in [0.25, 0.3) is 0 Å². The first kappa shape index (κ1) is 20.2. The van der Waals surface area contributed by atoms with Crippen LogP contribution in [0.4, 0.5) is 0 Å². The molecule has 0 bridgehead atoms. The number of hydrogen-bond acceptors (Lipinski definition) is 4. The Morgan fingerprint density at radius 1 is 0.783 bits per heavy atom. The van der Waals surface area contributed by atoms with Crippen LogP contribution in [-0.2, 0) is 0 Å². The van der Waals surface area contributed by atoms with Gasteiger partial charge in [-0.25, -0.2) is 0 Å². The molecule has 2 heterocycles. The molecule has 0 radical (unpaired) electrons. The molecule has 1 aromatic heterocycles. The van der Waals surface area contributed by atoms with Gasteiger partial charge in [0.15, 0.2) is 3.95 Å². The van der Waals surface area contributed by atoms with Gasteiger partial charge >= 0.3 is 0 Å². The van der Waals surface area contributed by atoms with E-state index in [9.17, 15) is 0 Å². The molecule has 0 aliphatic carbocycles. The van der Waals surface area contributed by atoms with Crippen LogP contribution < -0.4 is 10.6 Å². The lowest BCUT2D eigenvalue weighted by atomic mass is 10.0. The molecule has 1 aromatic rings. The smallest absolute Gasteiger partial charge is 0.158 e. The van der Waals surface area contributed by atoms with E-state index in [2.05, 4.69) is 71.0 Å². The molecule has 5 heteroatoms. The van der Waals surface area contributed by atoms with Gasteiger partial charge in [0.05, 0.1) is 6.67 Å².